The topological polar surface area (TPSA) is 0 Å². The Balaban J connectivity index is 0.000000608. The Kier molecular flexibility index (Phi) is 14.0. The number of halogens is 2. The fourth-order valence-electron chi connectivity index (χ4n) is 3.38. The molecule has 0 aliphatic carbocycles. The van der Waals surface area contributed by atoms with E-state index < -0.39 is 10.2 Å². The van der Waals surface area contributed by atoms with E-state index in [2.05, 4.69) is 97.2 Å². The Morgan fingerprint density at radius 1 is 0.486 bits per heavy atom. The molecule has 4 aromatic rings. The summed E-state index contributed by atoms with van der Waals surface area (Å²) in [6.07, 6.45) is 0. The SMILES string of the molecule is [Au+3].[Au].[CH2-]P([CH2-])(Cl)(c1ccccc1)c1ccccc1.[CH2-]P([CH2-])(I)(c1ccccc1)c1ccccc1.[CH3-]. The predicted octanol–water partition coefficient (Wildman–Crippen LogP) is 8.50. The molecule has 0 fully saturated rings. The molecule has 0 aliphatic heterocycles. The molecule has 6 heteroatoms. The van der Waals surface area contributed by atoms with Crippen molar-refractivity contribution in [1.82, 2.24) is 0 Å². The summed E-state index contributed by atoms with van der Waals surface area (Å²) in [5.74, 6) is -2.96. The van der Waals surface area contributed by atoms with Gasteiger partial charge in [-0.25, -0.2) is 0 Å². The maximum Gasteiger partial charge on any atom is -0.358 e. The molecule has 4 aromatic carbocycles. The first-order valence-corrected chi connectivity index (χ1v) is 19.0. The molecule has 0 aliphatic rings. The summed E-state index contributed by atoms with van der Waals surface area (Å²) in [7, 11) is 0. The largest absolute Gasteiger partial charge is 0.358 e. The minimum Gasteiger partial charge on any atom is -0.358 e. The summed E-state index contributed by atoms with van der Waals surface area (Å²) >= 11 is 9.20. The van der Waals surface area contributed by atoms with Gasteiger partial charge in [-0.2, -0.15) is 0 Å². The third-order valence-corrected chi connectivity index (χ3v) is 15.8. The minimum absolute atomic E-state index is 0. The van der Waals surface area contributed by atoms with Gasteiger partial charge in [-0.3, -0.25) is 0 Å². The van der Waals surface area contributed by atoms with Gasteiger partial charge in [-0.1, -0.05) is 0 Å². The van der Waals surface area contributed by atoms with Crippen LogP contribution in [-0.4, -0.2) is 0 Å². The number of rotatable bonds is 4. The summed E-state index contributed by atoms with van der Waals surface area (Å²) < 4.78 is -2.46. The second-order valence-corrected chi connectivity index (χ2v) is 25.1. The summed E-state index contributed by atoms with van der Waals surface area (Å²) in [6, 6.07) is 40.6. The van der Waals surface area contributed by atoms with Gasteiger partial charge < -0.3 is 7.43 Å². The van der Waals surface area contributed by atoms with Gasteiger partial charge in [0.05, 0.1) is 0 Å². The number of benzene rings is 4. The predicted molar refractivity (Wildman–Crippen MR) is 166 cm³/mol. The van der Waals surface area contributed by atoms with Crippen molar-refractivity contribution < 1.29 is 44.8 Å². The molecule has 0 bridgehead atoms. The maximum absolute atomic E-state index is 6.75. The Hall–Kier alpha value is 0.241. The molecule has 35 heavy (non-hydrogen) atoms. The van der Waals surface area contributed by atoms with Crippen molar-refractivity contribution >= 4 is 64.7 Å². The average molecular weight is 998 g/mol. The van der Waals surface area contributed by atoms with Crippen LogP contribution in [0.2, 0.25) is 0 Å². The second kappa shape index (κ2) is 13.9. The van der Waals surface area contributed by atoms with Gasteiger partial charge >= 0.3 is 235 Å². The van der Waals surface area contributed by atoms with Crippen LogP contribution in [0.15, 0.2) is 121 Å². The monoisotopic (exact) mass is 997 g/mol. The van der Waals surface area contributed by atoms with Gasteiger partial charge in [0.2, 0.25) is 0 Å². The van der Waals surface area contributed by atoms with E-state index >= 15 is 0 Å². The van der Waals surface area contributed by atoms with E-state index in [1.807, 2.05) is 72.8 Å². The molecule has 0 N–H and O–H groups in total. The van der Waals surface area contributed by atoms with Crippen molar-refractivity contribution in [3.63, 3.8) is 0 Å². The van der Waals surface area contributed by atoms with Gasteiger partial charge in [0.1, 0.15) is 0 Å². The summed E-state index contributed by atoms with van der Waals surface area (Å²) in [5, 5.41) is 4.50. The van der Waals surface area contributed by atoms with E-state index in [9.17, 15) is 0 Å². The molecular weight excluding hydrogens is 967 g/mol. The molecule has 0 amide bonds. The molecule has 195 valence electrons. The molecule has 0 unspecified atom stereocenters. The molecule has 0 atom stereocenters. The maximum atomic E-state index is 6.75. The Labute approximate surface area is 262 Å². The van der Waals surface area contributed by atoms with E-state index in [1.165, 1.54) is 10.6 Å². The van der Waals surface area contributed by atoms with Crippen LogP contribution in [-0.2, 0) is 44.8 Å². The van der Waals surface area contributed by atoms with Crippen molar-refractivity contribution in [3.8, 4) is 0 Å². The van der Waals surface area contributed by atoms with Gasteiger partial charge in [0.25, 0.3) is 0 Å². The van der Waals surface area contributed by atoms with Crippen LogP contribution in [0.3, 0.4) is 0 Å². The van der Waals surface area contributed by atoms with Crippen LogP contribution in [0.1, 0.15) is 0 Å². The Morgan fingerprint density at radius 3 is 0.914 bits per heavy atom. The normalized spacial score (nSPS) is 12.9. The molecule has 0 spiro atoms. The van der Waals surface area contributed by atoms with Crippen LogP contribution in [0.5, 0.6) is 0 Å². The van der Waals surface area contributed by atoms with Gasteiger partial charge in [0.15, 0.2) is 0 Å². The molecule has 0 saturated heterocycles. The molecule has 1 radical (unpaired) electrons. The number of hydrogen-bond acceptors (Lipinski definition) is 0. The number of hydrogen-bond donors (Lipinski definition) is 0. The minimum atomic E-state index is -2.96. The van der Waals surface area contributed by atoms with E-state index in [-0.39, 0.29) is 52.2 Å². The standard InChI is InChI=1S/C14H14ClP.C14H14IP.CH3.2Au/c2*1-16(2,15,13-9-5-3-6-10-13)14-11-7-4-8-12-14;;;/h2*3-12H,1-2H2;1H3;;/q2*-2;-1;;+3. The van der Waals surface area contributed by atoms with Crippen molar-refractivity contribution in [3.05, 3.63) is 155 Å². The van der Waals surface area contributed by atoms with Crippen LogP contribution in [0.25, 0.3) is 0 Å². The van der Waals surface area contributed by atoms with Crippen LogP contribution in [0.4, 0.5) is 0 Å². The van der Waals surface area contributed by atoms with Gasteiger partial charge in [0, 0.05) is 22.4 Å². The average Bonchev–Trinajstić information content (AvgIpc) is 2.81. The quantitative estimate of drug-likeness (QED) is 0.0834. The Bertz CT molecular complexity index is 958. The zero-order valence-corrected chi connectivity index (χ0v) is 28.7. The molecular formula is C29H31Au2ClIP2-2. The Morgan fingerprint density at radius 2 is 0.686 bits per heavy atom. The zero-order chi connectivity index (χ0) is 23.3. The molecule has 0 saturated carbocycles. The van der Waals surface area contributed by atoms with E-state index in [0.717, 1.165) is 10.6 Å². The molecule has 4 rings (SSSR count). The molecule has 0 aromatic heterocycles. The zero-order valence-electron chi connectivity index (χ0n) is 19.6. The first-order chi connectivity index (χ1) is 15.0. The summed E-state index contributed by atoms with van der Waals surface area (Å²) in [4.78, 5) is 0. The van der Waals surface area contributed by atoms with Gasteiger partial charge in [-0.15, -0.1) is 0 Å². The first-order valence-electron chi connectivity index (χ1n) is 10.1. The van der Waals surface area contributed by atoms with Crippen molar-refractivity contribution in [2.24, 2.45) is 0 Å². The fraction of sp³-hybridized carbons (Fsp3) is 0. The molecule has 0 nitrogen and oxygen atoms in total. The van der Waals surface area contributed by atoms with Gasteiger partial charge in [-0.05, 0) is 0 Å². The van der Waals surface area contributed by atoms with Crippen LogP contribution >= 0.6 is 43.5 Å². The third-order valence-electron chi connectivity index (χ3n) is 5.39. The smallest absolute Gasteiger partial charge is 0.358 e. The van der Waals surface area contributed by atoms with Crippen LogP contribution in [0, 0.1) is 34.1 Å². The third kappa shape index (κ3) is 8.62. The van der Waals surface area contributed by atoms with E-state index in [4.69, 9.17) is 11.2 Å². The van der Waals surface area contributed by atoms with Crippen molar-refractivity contribution in [1.29, 1.82) is 0 Å². The van der Waals surface area contributed by atoms with E-state index in [1.54, 1.807) is 0 Å². The summed E-state index contributed by atoms with van der Waals surface area (Å²) in [5.41, 5.74) is 0. The molecule has 0 heterocycles. The van der Waals surface area contributed by atoms with Crippen molar-refractivity contribution in [2.75, 3.05) is 0 Å². The van der Waals surface area contributed by atoms with E-state index in [0.29, 0.717) is 0 Å². The van der Waals surface area contributed by atoms with Crippen LogP contribution < -0.4 is 21.2 Å². The van der Waals surface area contributed by atoms with Crippen molar-refractivity contribution in [2.45, 2.75) is 0 Å². The second-order valence-electron chi connectivity index (χ2n) is 8.09. The first kappa shape index (κ1) is 35.2. The fourth-order valence-corrected chi connectivity index (χ4v) is 10.0. The summed E-state index contributed by atoms with van der Waals surface area (Å²) in [6.45, 7) is 17.4.